The summed E-state index contributed by atoms with van der Waals surface area (Å²) in [5.41, 5.74) is 4.42. The number of fused-ring (bicyclic) bond motifs is 1. The number of hydrogen-bond donors (Lipinski definition) is 0. The van der Waals surface area contributed by atoms with Crippen molar-refractivity contribution in [1.29, 1.82) is 0 Å². The van der Waals surface area contributed by atoms with Crippen molar-refractivity contribution in [3.8, 4) is 17.0 Å². The molecule has 0 bridgehead atoms. The summed E-state index contributed by atoms with van der Waals surface area (Å²) < 4.78 is 21.7. The average Bonchev–Trinajstić information content (AvgIpc) is 2.95. The van der Waals surface area contributed by atoms with E-state index in [0.717, 1.165) is 28.1 Å². The third-order valence-electron chi connectivity index (χ3n) is 6.35. The van der Waals surface area contributed by atoms with Crippen molar-refractivity contribution in [1.82, 2.24) is 14.5 Å². The van der Waals surface area contributed by atoms with Crippen LogP contribution in [0.4, 0.5) is 11.6 Å². The third kappa shape index (κ3) is 4.95. The van der Waals surface area contributed by atoms with Crippen molar-refractivity contribution in [2.45, 2.75) is 20.4 Å². The summed E-state index contributed by atoms with van der Waals surface area (Å²) in [4.78, 5) is 23.3. The lowest BCUT2D eigenvalue weighted by Crippen LogP contribution is -2.26. The average molecular weight is 525 g/mol. The number of aromatic nitrogens is 3. The maximum atomic E-state index is 14.1. The van der Waals surface area contributed by atoms with Crippen molar-refractivity contribution < 1.29 is 8.95 Å². The molecule has 2 aromatic heterocycles. The van der Waals surface area contributed by atoms with E-state index in [1.54, 1.807) is 22.2 Å². The fourth-order valence-corrected chi connectivity index (χ4v) is 5.31. The van der Waals surface area contributed by atoms with Gasteiger partial charge in [0.05, 0.1) is 25.0 Å². The number of aryl methyl sites for hydroxylation is 1. The fraction of sp³-hybridized carbons (Fsp3) is 0.167. The van der Waals surface area contributed by atoms with Gasteiger partial charge in [0.2, 0.25) is 5.95 Å². The number of para-hydroxylation sites is 1. The Morgan fingerprint density at radius 3 is 2.47 bits per heavy atom. The molecule has 0 saturated heterocycles. The van der Waals surface area contributed by atoms with Gasteiger partial charge in [0.15, 0.2) is 0 Å². The number of rotatable bonds is 8. The second-order valence-corrected chi connectivity index (χ2v) is 10.4. The second kappa shape index (κ2) is 11.0. The number of benzene rings is 3. The Morgan fingerprint density at radius 1 is 0.974 bits per heavy atom. The van der Waals surface area contributed by atoms with Crippen molar-refractivity contribution in [3.05, 3.63) is 113 Å². The van der Waals surface area contributed by atoms with Gasteiger partial charge in [0.1, 0.15) is 22.3 Å². The van der Waals surface area contributed by atoms with Crippen LogP contribution in [0.5, 0.6) is 5.75 Å². The van der Waals surface area contributed by atoms with E-state index in [1.807, 2.05) is 98.8 Å². The standard InChI is InChI=1S/C30H28N4O3S/c1-4-38(36)34(24-13-6-5-7-14-24)30-31-19-23-18-27(26-16-9-8-11-21(26)2)33(29(35)28(23)32-30)20-22-12-10-15-25(17-22)37-3/h5-19H,4,20H2,1-3H3. The monoisotopic (exact) mass is 524 g/mol. The van der Waals surface area contributed by atoms with Crippen LogP contribution in [-0.2, 0) is 17.5 Å². The van der Waals surface area contributed by atoms with E-state index in [0.29, 0.717) is 23.4 Å². The van der Waals surface area contributed by atoms with Crippen molar-refractivity contribution >= 4 is 33.5 Å². The predicted molar refractivity (Wildman–Crippen MR) is 153 cm³/mol. The zero-order valence-corrected chi connectivity index (χ0v) is 22.3. The molecule has 7 nitrogen and oxygen atoms in total. The van der Waals surface area contributed by atoms with E-state index >= 15 is 0 Å². The highest BCUT2D eigenvalue weighted by atomic mass is 32.2. The van der Waals surface area contributed by atoms with Gasteiger partial charge >= 0.3 is 0 Å². The molecule has 2 heterocycles. The van der Waals surface area contributed by atoms with E-state index in [9.17, 15) is 9.00 Å². The Hall–Kier alpha value is -4.30. The Labute approximate surface area is 224 Å². The van der Waals surface area contributed by atoms with E-state index in [2.05, 4.69) is 9.97 Å². The molecular formula is C30H28N4O3S. The first-order valence-corrected chi connectivity index (χ1v) is 13.6. The lowest BCUT2D eigenvalue weighted by molar-refractivity contribution is 0.414. The van der Waals surface area contributed by atoms with Crippen LogP contribution in [0, 0.1) is 6.92 Å². The number of ether oxygens (including phenoxy) is 1. The molecule has 0 aliphatic carbocycles. The minimum absolute atomic E-state index is 0.220. The zero-order valence-electron chi connectivity index (χ0n) is 21.5. The molecule has 0 saturated carbocycles. The van der Waals surface area contributed by atoms with E-state index in [1.165, 1.54) is 0 Å². The van der Waals surface area contributed by atoms with E-state index < -0.39 is 11.0 Å². The van der Waals surface area contributed by atoms with Gasteiger partial charge in [0.25, 0.3) is 5.56 Å². The number of pyridine rings is 1. The Balaban J connectivity index is 1.73. The highest BCUT2D eigenvalue weighted by molar-refractivity contribution is 7.86. The van der Waals surface area contributed by atoms with Crippen LogP contribution < -0.4 is 14.6 Å². The minimum Gasteiger partial charge on any atom is -0.497 e. The van der Waals surface area contributed by atoms with Crippen LogP contribution in [0.1, 0.15) is 18.1 Å². The molecule has 5 aromatic rings. The molecule has 0 spiro atoms. The lowest BCUT2D eigenvalue weighted by atomic mass is 10.0. The maximum Gasteiger partial charge on any atom is 0.278 e. The molecule has 8 heteroatoms. The van der Waals surface area contributed by atoms with Gasteiger partial charge in [0, 0.05) is 22.9 Å². The summed E-state index contributed by atoms with van der Waals surface area (Å²) in [6.45, 7) is 4.19. The largest absolute Gasteiger partial charge is 0.497 e. The Morgan fingerprint density at radius 2 is 1.74 bits per heavy atom. The molecule has 0 N–H and O–H groups in total. The van der Waals surface area contributed by atoms with Gasteiger partial charge in [-0.1, -0.05) is 61.5 Å². The van der Waals surface area contributed by atoms with Crippen LogP contribution in [0.15, 0.2) is 95.9 Å². The molecule has 192 valence electrons. The first-order chi connectivity index (χ1) is 18.5. The first kappa shape index (κ1) is 25.4. The van der Waals surface area contributed by atoms with Crippen LogP contribution in [0.3, 0.4) is 0 Å². The summed E-state index contributed by atoms with van der Waals surface area (Å²) in [5, 5.41) is 0.620. The molecule has 0 amide bonds. The van der Waals surface area contributed by atoms with Gasteiger partial charge in [-0.15, -0.1) is 0 Å². The summed E-state index contributed by atoms with van der Waals surface area (Å²) in [5.74, 6) is 1.32. The Bertz CT molecular complexity index is 1680. The van der Waals surface area contributed by atoms with Gasteiger partial charge in [-0.3, -0.25) is 4.79 Å². The van der Waals surface area contributed by atoms with Gasteiger partial charge in [-0.25, -0.2) is 18.5 Å². The highest BCUT2D eigenvalue weighted by Gasteiger charge is 2.21. The minimum atomic E-state index is -1.41. The van der Waals surface area contributed by atoms with E-state index in [-0.39, 0.29) is 17.0 Å². The summed E-state index contributed by atoms with van der Waals surface area (Å²) >= 11 is 0. The molecule has 1 atom stereocenters. The summed E-state index contributed by atoms with van der Waals surface area (Å²) in [6, 6.07) is 26.9. The molecule has 0 aliphatic heterocycles. The molecule has 0 fully saturated rings. The van der Waals surface area contributed by atoms with Crippen LogP contribution >= 0.6 is 0 Å². The van der Waals surface area contributed by atoms with Crippen molar-refractivity contribution in [2.75, 3.05) is 17.2 Å². The molecular weight excluding hydrogens is 496 g/mol. The molecule has 38 heavy (non-hydrogen) atoms. The van der Waals surface area contributed by atoms with Gasteiger partial charge < -0.3 is 9.30 Å². The van der Waals surface area contributed by atoms with Crippen molar-refractivity contribution in [3.63, 3.8) is 0 Å². The number of anilines is 2. The van der Waals surface area contributed by atoms with Crippen molar-refractivity contribution in [2.24, 2.45) is 0 Å². The number of hydrogen-bond acceptors (Lipinski definition) is 5. The topological polar surface area (TPSA) is 77.3 Å². The van der Waals surface area contributed by atoms with Crippen LogP contribution in [0.2, 0.25) is 0 Å². The first-order valence-electron chi connectivity index (χ1n) is 12.3. The summed E-state index contributed by atoms with van der Waals surface area (Å²) in [7, 11) is 0.214. The van der Waals surface area contributed by atoms with Crippen LogP contribution in [-0.4, -0.2) is 31.6 Å². The highest BCUT2D eigenvalue weighted by Crippen LogP contribution is 2.28. The smallest absolute Gasteiger partial charge is 0.278 e. The quantitative estimate of drug-likeness (QED) is 0.262. The Kier molecular flexibility index (Phi) is 7.33. The SMILES string of the molecule is CCS(=O)N(c1ccccc1)c1ncc2cc(-c3ccccc3C)n(Cc3cccc(OC)c3)c(=O)c2n1. The van der Waals surface area contributed by atoms with Gasteiger partial charge in [-0.05, 0) is 48.4 Å². The molecule has 1 unspecified atom stereocenters. The molecule has 0 aliphatic rings. The van der Waals surface area contributed by atoms with Crippen LogP contribution in [0.25, 0.3) is 22.2 Å². The summed E-state index contributed by atoms with van der Waals surface area (Å²) in [6.07, 6.45) is 1.64. The fourth-order valence-electron chi connectivity index (χ4n) is 4.43. The normalized spacial score (nSPS) is 11.9. The second-order valence-electron chi connectivity index (χ2n) is 8.80. The number of nitrogens with zero attached hydrogens (tertiary/aromatic N) is 4. The molecule has 5 rings (SSSR count). The number of methoxy groups -OCH3 is 1. The van der Waals surface area contributed by atoms with Gasteiger partial charge in [-0.2, -0.15) is 0 Å². The maximum absolute atomic E-state index is 14.1. The predicted octanol–water partition coefficient (Wildman–Crippen LogP) is 5.65. The third-order valence-corrected chi connectivity index (χ3v) is 7.63. The van der Waals surface area contributed by atoms with E-state index in [4.69, 9.17) is 4.74 Å². The lowest BCUT2D eigenvalue weighted by Gasteiger charge is -2.21. The molecule has 3 aromatic carbocycles. The zero-order chi connectivity index (χ0) is 26.6. The molecule has 0 radical (unpaired) electrons.